The molecule has 8 heteroatoms. The fourth-order valence-electron chi connectivity index (χ4n) is 12.4. The normalized spacial score (nSPS) is 19.9. The van der Waals surface area contributed by atoms with E-state index in [1.54, 1.807) is 0 Å². The highest BCUT2D eigenvalue weighted by molar-refractivity contribution is 6.04. The first-order valence-corrected chi connectivity index (χ1v) is 26.7. The van der Waals surface area contributed by atoms with Crippen LogP contribution in [0.4, 0.5) is 28.9 Å². The second-order valence-electron chi connectivity index (χ2n) is 20.8. The third kappa shape index (κ3) is 11.2. The molecule has 0 amide bonds. The number of alkyl halides is 3. The molecule has 4 unspecified atom stereocenters. The Kier molecular flexibility index (Phi) is 15.9. The molecule has 0 spiro atoms. The Morgan fingerprint density at radius 1 is 0.542 bits per heavy atom. The van der Waals surface area contributed by atoms with E-state index in [0.717, 1.165) is 82.5 Å². The third-order valence-electron chi connectivity index (χ3n) is 16.2. The fraction of sp³-hybridized carbons (Fsp3) is 0.375. The molecular formula is C64H72F4N4. The van der Waals surface area contributed by atoms with Crippen LogP contribution in [-0.2, 0) is 12.6 Å². The minimum atomic E-state index is -4.60. The van der Waals surface area contributed by atoms with E-state index in [2.05, 4.69) is 114 Å². The van der Waals surface area contributed by atoms with Gasteiger partial charge in [-0.2, -0.15) is 13.2 Å². The van der Waals surface area contributed by atoms with Gasteiger partial charge in [-0.15, -0.1) is 0 Å². The Bertz CT molecular complexity index is 2910. The minimum absolute atomic E-state index is 0.00257. The molecule has 6 aromatic carbocycles. The van der Waals surface area contributed by atoms with Crippen LogP contribution in [0, 0.1) is 17.7 Å². The Labute approximate surface area is 425 Å². The van der Waals surface area contributed by atoms with E-state index in [4.69, 9.17) is 0 Å². The molecule has 72 heavy (non-hydrogen) atoms. The van der Waals surface area contributed by atoms with Gasteiger partial charge in [-0.05, 0) is 128 Å². The molecule has 0 aromatic heterocycles. The number of unbranched alkanes of at least 4 members (excludes halogenated alkanes) is 2. The zero-order chi connectivity index (χ0) is 50.4. The van der Waals surface area contributed by atoms with E-state index in [0.29, 0.717) is 23.8 Å². The molecule has 4 fully saturated rings. The van der Waals surface area contributed by atoms with Gasteiger partial charge in [0.05, 0.1) is 5.56 Å². The zero-order valence-electron chi connectivity index (χ0n) is 42.2. The van der Waals surface area contributed by atoms with Crippen LogP contribution in [0.15, 0.2) is 142 Å². The molecule has 4 nitrogen and oxygen atoms in total. The average Bonchev–Trinajstić information content (AvgIpc) is 3.40. The average molecular weight is 973 g/mol. The highest BCUT2D eigenvalue weighted by Crippen LogP contribution is 2.43. The van der Waals surface area contributed by atoms with Crippen molar-refractivity contribution in [2.75, 3.05) is 23.7 Å². The summed E-state index contributed by atoms with van der Waals surface area (Å²) in [6, 6.07) is 37.7. The van der Waals surface area contributed by atoms with Gasteiger partial charge < -0.3 is 20.4 Å². The van der Waals surface area contributed by atoms with E-state index in [1.165, 1.54) is 124 Å². The molecule has 2 aliphatic heterocycles. The SMILES string of the molecule is C=C(Nc1ccc(C(=C)N2CCCC3CCCCC32)c2ccccc12)c1ccc(C(F)(F)F)cc1F.C=C(Nc1ccc(C(=C)N2CCCC3CCCCC32)c2ccccc12)c1ccc(CCCCC)cc1. The topological polar surface area (TPSA) is 30.5 Å². The number of hydrogen-bond acceptors (Lipinski definition) is 4. The van der Waals surface area contributed by atoms with Crippen LogP contribution in [0.2, 0.25) is 0 Å². The van der Waals surface area contributed by atoms with Gasteiger partial charge in [0, 0.05) is 86.8 Å². The van der Waals surface area contributed by atoms with Crippen LogP contribution in [-0.4, -0.2) is 35.0 Å². The van der Waals surface area contributed by atoms with Crippen molar-refractivity contribution in [2.24, 2.45) is 11.8 Å². The van der Waals surface area contributed by atoms with E-state index in [9.17, 15) is 17.6 Å². The molecule has 2 saturated heterocycles. The Morgan fingerprint density at radius 2 is 1.01 bits per heavy atom. The van der Waals surface area contributed by atoms with E-state index >= 15 is 0 Å². The molecule has 4 atom stereocenters. The number of hydrogen-bond donors (Lipinski definition) is 2. The highest BCUT2D eigenvalue weighted by Gasteiger charge is 2.36. The Balaban J connectivity index is 0.000000178. The fourth-order valence-corrected chi connectivity index (χ4v) is 12.4. The molecule has 0 bridgehead atoms. The lowest BCUT2D eigenvalue weighted by molar-refractivity contribution is -0.137. The molecule has 10 rings (SSSR count). The van der Waals surface area contributed by atoms with Crippen molar-refractivity contribution in [1.82, 2.24) is 9.80 Å². The Morgan fingerprint density at radius 3 is 1.51 bits per heavy atom. The summed E-state index contributed by atoms with van der Waals surface area (Å²) in [5.41, 5.74) is 9.03. The first-order chi connectivity index (χ1) is 34.9. The molecule has 2 N–H and O–H groups in total. The standard InChI is InChI=1S/C34H42N2.C30H30F4N2/c1-4-5-6-12-27-18-20-28(21-19-27)25(2)35-33-23-22-30(31-15-8-9-16-32(31)33)26(3)36-24-11-14-29-13-7-10-17-34(29)36;1-19(23-14-13-22(18-27(23)31)30(32,33)34)35-28-16-15-24(25-10-4-5-11-26(25)28)20(2)36-17-7-9-21-8-3-6-12-29(21)36/h8-9,15-16,18-23,29,34-35H,2-7,10-14,17,24H2,1H3;4-5,10-11,13-16,18,21,29,35H,1-3,6-9,12,17H2. The van der Waals surface area contributed by atoms with Crippen molar-refractivity contribution in [2.45, 2.75) is 128 Å². The summed E-state index contributed by atoms with van der Waals surface area (Å²) in [5.74, 6) is 0.611. The zero-order valence-corrected chi connectivity index (χ0v) is 42.2. The van der Waals surface area contributed by atoms with Gasteiger partial charge in [-0.25, -0.2) is 4.39 Å². The number of anilines is 2. The molecule has 0 radical (unpaired) electrons. The molecule has 2 aliphatic carbocycles. The summed E-state index contributed by atoms with van der Waals surface area (Å²) in [6.07, 6.45) is 16.1. The summed E-state index contributed by atoms with van der Waals surface area (Å²) in [5, 5.41) is 11.2. The second kappa shape index (κ2) is 22.6. The maximum atomic E-state index is 14.5. The number of likely N-dealkylation sites (tertiary alicyclic amines) is 2. The number of nitrogens with zero attached hydrogens (tertiary/aromatic N) is 2. The van der Waals surface area contributed by atoms with Crippen LogP contribution in [0.5, 0.6) is 0 Å². The molecule has 376 valence electrons. The number of nitrogens with one attached hydrogen (secondary N) is 2. The van der Waals surface area contributed by atoms with Crippen LogP contribution < -0.4 is 10.6 Å². The van der Waals surface area contributed by atoms with Crippen LogP contribution in [0.3, 0.4) is 0 Å². The summed E-state index contributed by atoms with van der Waals surface area (Å²) >= 11 is 0. The number of halogens is 4. The number of benzene rings is 6. The Hall–Kier alpha value is -6.28. The van der Waals surface area contributed by atoms with E-state index < -0.39 is 17.6 Å². The predicted octanol–water partition coefficient (Wildman–Crippen LogP) is 18.0. The molecular weight excluding hydrogens is 901 g/mol. The van der Waals surface area contributed by atoms with E-state index in [1.807, 2.05) is 36.4 Å². The third-order valence-corrected chi connectivity index (χ3v) is 16.2. The lowest BCUT2D eigenvalue weighted by Gasteiger charge is -2.46. The summed E-state index contributed by atoms with van der Waals surface area (Å²) in [4.78, 5) is 5.14. The van der Waals surface area contributed by atoms with Crippen molar-refractivity contribution in [1.29, 1.82) is 0 Å². The minimum Gasteiger partial charge on any atom is -0.368 e. The van der Waals surface area contributed by atoms with Crippen LogP contribution in [0.25, 0.3) is 44.3 Å². The van der Waals surface area contributed by atoms with Crippen molar-refractivity contribution in [3.8, 4) is 0 Å². The monoisotopic (exact) mass is 973 g/mol. The van der Waals surface area contributed by atoms with Crippen molar-refractivity contribution in [3.63, 3.8) is 0 Å². The van der Waals surface area contributed by atoms with Gasteiger partial charge in [0.15, 0.2) is 0 Å². The van der Waals surface area contributed by atoms with E-state index in [-0.39, 0.29) is 11.3 Å². The van der Waals surface area contributed by atoms with Gasteiger partial charge in [-0.3, -0.25) is 0 Å². The second-order valence-corrected chi connectivity index (χ2v) is 20.8. The maximum absolute atomic E-state index is 14.5. The number of aryl methyl sites for hydroxylation is 1. The van der Waals surface area contributed by atoms with Crippen molar-refractivity contribution >= 4 is 55.7 Å². The first-order valence-electron chi connectivity index (χ1n) is 26.7. The maximum Gasteiger partial charge on any atom is 0.416 e. The number of piperidine rings is 2. The van der Waals surface area contributed by atoms with Gasteiger partial charge in [0.1, 0.15) is 5.82 Å². The largest absolute Gasteiger partial charge is 0.416 e. The van der Waals surface area contributed by atoms with Gasteiger partial charge in [0.2, 0.25) is 0 Å². The summed E-state index contributed by atoms with van der Waals surface area (Å²) < 4.78 is 53.3. The van der Waals surface area contributed by atoms with Gasteiger partial charge in [-0.1, -0.05) is 157 Å². The van der Waals surface area contributed by atoms with Crippen LogP contribution in [0.1, 0.15) is 137 Å². The van der Waals surface area contributed by atoms with Crippen molar-refractivity contribution < 1.29 is 17.6 Å². The molecule has 2 heterocycles. The predicted molar refractivity (Wildman–Crippen MR) is 296 cm³/mol. The van der Waals surface area contributed by atoms with Gasteiger partial charge >= 0.3 is 6.18 Å². The molecule has 6 aromatic rings. The van der Waals surface area contributed by atoms with Gasteiger partial charge in [0.25, 0.3) is 0 Å². The highest BCUT2D eigenvalue weighted by atomic mass is 19.4. The van der Waals surface area contributed by atoms with Crippen LogP contribution >= 0.6 is 0 Å². The number of rotatable bonds is 14. The first kappa shape index (κ1) is 50.7. The number of fused-ring (bicyclic) bond motifs is 4. The van der Waals surface area contributed by atoms with Crippen molar-refractivity contribution in [3.05, 3.63) is 181 Å². The molecule has 4 aliphatic rings. The quantitative estimate of drug-likeness (QED) is 0.0841. The lowest BCUT2D eigenvalue weighted by Crippen LogP contribution is -2.45. The molecule has 2 saturated carbocycles. The summed E-state index contributed by atoms with van der Waals surface area (Å²) in [6.45, 7) is 21.8. The summed E-state index contributed by atoms with van der Waals surface area (Å²) in [7, 11) is 0. The lowest BCUT2D eigenvalue weighted by atomic mass is 9.78. The smallest absolute Gasteiger partial charge is 0.368 e.